The number of hydrogen-bond acceptors (Lipinski definition) is 3. The molecule has 0 aromatic heterocycles. The van der Waals surface area contributed by atoms with Gasteiger partial charge in [0.25, 0.3) is 5.24 Å². The van der Waals surface area contributed by atoms with Crippen LogP contribution >= 0.6 is 23.2 Å². The van der Waals surface area contributed by atoms with Gasteiger partial charge >= 0.3 is 0 Å². The van der Waals surface area contributed by atoms with Crippen molar-refractivity contribution in [2.75, 3.05) is 0 Å². The van der Waals surface area contributed by atoms with Crippen LogP contribution in [0.15, 0.2) is 12.1 Å². The summed E-state index contributed by atoms with van der Waals surface area (Å²) in [5, 5.41) is 8.31. The van der Waals surface area contributed by atoms with E-state index >= 15 is 0 Å². The van der Waals surface area contributed by atoms with E-state index in [1.54, 1.807) is 0 Å². The molecule has 1 aromatic rings. The molecule has 0 heterocycles. The van der Waals surface area contributed by atoms with E-state index in [1.165, 1.54) is 0 Å². The van der Waals surface area contributed by atoms with Crippen molar-refractivity contribution < 1.29 is 14.7 Å². The summed E-state index contributed by atoms with van der Waals surface area (Å²) in [4.78, 5) is 21.6. The molecule has 0 saturated carbocycles. The van der Waals surface area contributed by atoms with E-state index in [0.29, 0.717) is 0 Å². The van der Waals surface area contributed by atoms with E-state index in [9.17, 15) is 14.7 Å². The Labute approximate surface area is 89.2 Å². The van der Waals surface area contributed by atoms with Crippen molar-refractivity contribution in [3.63, 3.8) is 0 Å². The van der Waals surface area contributed by atoms with E-state index < -0.39 is 11.1 Å². The molecule has 0 aliphatic heterocycles. The second kappa shape index (κ2) is 3.86. The highest BCUT2D eigenvalue weighted by atomic mass is 35.5. The second-order valence-electron chi connectivity index (χ2n) is 2.49. The number of rotatable bonds is 2. The van der Waals surface area contributed by atoms with E-state index in [-0.39, 0.29) is 21.9 Å². The highest BCUT2D eigenvalue weighted by Gasteiger charge is 2.15. The number of carbonyl (C=O) groups excluding carboxylic acids is 2. The van der Waals surface area contributed by atoms with Crippen LogP contribution in [0.25, 0.3) is 0 Å². The number of phenolic OH excluding ortho intramolecular Hbond substituents is 1. The largest absolute Gasteiger partial charge is 0.507 e. The SMILES string of the molecule is NC(=O)c1cc(C(=O)Cl)c(O)cc1Cl. The third-order valence-corrected chi connectivity index (χ3v) is 2.08. The van der Waals surface area contributed by atoms with Gasteiger partial charge in [0.15, 0.2) is 0 Å². The van der Waals surface area contributed by atoms with E-state index in [2.05, 4.69) is 0 Å². The summed E-state index contributed by atoms with van der Waals surface area (Å²) in [6.07, 6.45) is 0. The average Bonchev–Trinajstić information content (AvgIpc) is 2.02. The number of nitrogens with two attached hydrogens (primary N) is 1. The molecule has 1 rings (SSSR count). The first-order valence-electron chi connectivity index (χ1n) is 3.45. The maximum Gasteiger partial charge on any atom is 0.256 e. The van der Waals surface area contributed by atoms with Gasteiger partial charge in [0.2, 0.25) is 5.91 Å². The first-order valence-corrected chi connectivity index (χ1v) is 4.21. The summed E-state index contributed by atoms with van der Waals surface area (Å²) in [6, 6.07) is 2.09. The number of phenols is 1. The molecule has 0 radical (unpaired) electrons. The van der Waals surface area contributed by atoms with Crippen molar-refractivity contribution in [3.05, 3.63) is 28.3 Å². The Balaban J connectivity index is 3.42. The molecule has 0 aliphatic carbocycles. The maximum absolute atomic E-state index is 10.8. The summed E-state index contributed by atoms with van der Waals surface area (Å²) in [5.41, 5.74) is 4.71. The van der Waals surface area contributed by atoms with Crippen LogP contribution in [0.1, 0.15) is 20.7 Å². The van der Waals surface area contributed by atoms with Crippen molar-refractivity contribution in [1.82, 2.24) is 0 Å². The van der Waals surface area contributed by atoms with Crippen LogP contribution < -0.4 is 5.73 Å². The predicted octanol–water partition coefficient (Wildman–Crippen LogP) is 1.52. The Bertz CT molecular complexity index is 382. The molecule has 0 aliphatic rings. The lowest BCUT2D eigenvalue weighted by Crippen LogP contribution is -2.12. The third-order valence-electron chi connectivity index (χ3n) is 1.56. The monoisotopic (exact) mass is 233 g/mol. The van der Waals surface area contributed by atoms with Gasteiger partial charge in [-0.15, -0.1) is 0 Å². The minimum Gasteiger partial charge on any atom is -0.507 e. The molecule has 0 bridgehead atoms. The Morgan fingerprint density at radius 2 is 1.86 bits per heavy atom. The molecule has 0 fully saturated rings. The van der Waals surface area contributed by atoms with Crippen LogP contribution in [-0.2, 0) is 0 Å². The van der Waals surface area contributed by atoms with Crippen LogP contribution in [0, 0.1) is 0 Å². The van der Waals surface area contributed by atoms with Crippen LogP contribution in [0.4, 0.5) is 0 Å². The van der Waals surface area contributed by atoms with Gasteiger partial charge in [-0.2, -0.15) is 0 Å². The van der Waals surface area contributed by atoms with Crippen LogP contribution in [0.3, 0.4) is 0 Å². The summed E-state index contributed by atoms with van der Waals surface area (Å²) in [5.74, 6) is -1.19. The zero-order valence-corrected chi connectivity index (χ0v) is 8.26. The molecular weight excluding hydrogens is 229 g/mol. The maximum atomic E-state index is 10.8. The van der Waals surface area contributed by atoms with Gasteiger partial charge in [0, 0.05) is 6.07 Å². The standard InChI is InChI=1S/C8H5Cl2NO3/c9-5-2-6(12)4(7(10)13)1-3(5)8(11)14/h1-2,12H,(H2,11,14). The lowest BCUT2D eigenvalue weighted by molar-refractivity contribution is 0.100. The zero-order valence-electron chi connectivity index (χ0n) is 6.75. The Morgan fingerprint density at radius 3 is 2.29 bits per heavy atom. The average molecular weight is 234 g/mol. The molecule has 6 heteroatoms. The fourth-order valence-electron chi connectivity index (χ4n) is 0.909. The van der Waals surface area contributed by atoms with Gasteiger partial charge in [0.1, 0.15) is 5.75 Å². The Kier molecular flexibility index (Phi) is 2.98. The molecule has 0 spiro atoms. The highest BCUT2D eigenvalue weighted by Crippen LogP contribution is 2.27. The number of primary amides is 1. The fourth-order valence-corrected chi connectivity index (χ4v) is 1.31. The minimum absolute atomic E-state index is 0.0309. The van der Waals surface area contributed by atoms with Gasteiger partial charge in [-0.25, -0.2) is 0 Å². The van der Waals surface area contributed by atoms with E-state index in [0.717, 1.165) is 12.1 Å². The summed E-state index contributed by atoms with van der Waals surface area (Å²) >= 11 is 10.7. The normalized spacial score (nSPS) is 9.86. The first-order chi connectivity index (χ1) is 6.43. The molecule has 0 unspecified atom stereocenters. The third kappa shape index (κ3) is 1.97. The van der Waals surface area contributed by atoms with Crippen molar-refractivity contribution in [3.8, 4) is 5.75 Å². The topological polar surface area (TPSA) is 80.4 Å². The van der Waals surface area contributed by atoms with Gasteiger partial charge < -0.3 is 10.8 Å². The fraction of sp³-hybridized carbons (Fsp3) is 0. The summed E-state index contributed by atoms with van der Waals surface area (Å²) < 4.78 is 0. The van der Waals surface area contributed by atoms with Crippen molar-refractivity contribution in [1.29, 1.82) is 0 Å². The number of halogens is 2. The number of hydrogen-bond donors (Lipinski definition) is 2. The Morgan fingerprint density at radius 1 is 1.29 bits per heavy atom. The zero-order chi connectivity index (χ0) is 10.9. The number of amides is 1. The molecular formula is C8H5Cl2NO3. The van der Waals surface area contributed by atoms with Crippen molar-refractivity contribution in [2.24, 2.45) is 5.73 Å². The van der Waals surface area contributed by atoms with Gasteiger partial charge in [-0.3, -0.25) is 9.59 Å². The summed E-state index contributed by atoms with van der Waals surface area (Å²) in [6.45, 7) is 0. The summed E-state index contributed by atoms with van der Waals surface area (Å²) in [7, 11) is 0. The molecule has 0 saturated heterocycles. The van der Waals surface area contributed by atoms with E-state index in [4.69, 9.17) is 28.9 Å². The molecule has 3 N–H and O–H groups in total. The first kappa shape index (κ1) is 10.8. The van der Waals surface area contributed by atoms with Gasteiger partial charge in [-0.1, -0.05) is 11.6 Å². The molecule has 0 atom stereocenters. The lowest BCUT2D eigenvalue weighted by Gasteiger charge is -2.03. The molecule has 14 heavy (non-hydrogen) atoms. The van der Waals surface area contributed by atoms with Gasteiger partial charge in [-0.05, 0) is 17.7 Å². The number of carbonyl (C=O) groups is 2. The highest BCUT2D eigenvalue weighted by molar-refractivity contribution is 6.68. The van der Waals surface area contributed by atoms with Gasteiger partial charge in [0.05, 0.1) is 16.1 Å². The van der Waals surface area contributed by atoms with Crippen LogP contribution in [0.2, 0.25) is 5.02 Å². The molecule has 1 amide bonds. The minimum atomic E-state index is -0.887. The quantitative estimate of drug-likeness (QED) is 0.761. The smallest absolute Gasteiger partial charge is 0.256 e. The van der Waals surface area contributed by atoms with E-state index in [1.807, 2.05) is 0 Å². The van der Waals surface area contributed by atoms with Crippen molar-refractivity contribution >= 4 is 34.4 Å². The number of aromatic hydroxyl groups is 1. The van der Waals surface area contributed by atoms with Crippen LogP contribution in [-0.4, -0.2) is 16.3 Å². The second-order valence-corrected chi connectivity index (χ2v) is 3.24. The molecule has 1 aromatic carbocycles. The van der Waals surface area contributed by atoms with Crippen LogP contribution in [0.5, 0.6) is 5.75 Å². The molecule has 4 nitrogen and oxygen atoms in total. The lowest BCUT2D eigenvalue weighted by atomic mass is 10.1. The number of benzene rings is 1. The van der Waals surface area contributed by atoms with Crippen molar-refractivity contribution in [2.45, 2.75) is 0 Å². The Hall–Kier alpha value is -1.26. The predicted molar refractivity (Wildman–Crippen MR) is 51.8 cm³/mol. The molecule has 74 valence electrons.